The van der Waals surface area contributed by atoms with Crippen molar-refractivity contribution in [1.29, 1.82) is 0 Å². The van der Waals surface area contributed by atoms with Crippen molar-refractivity contribution >= 4 is 22.5 Å². The third kappa shape index (κ3) is 3.32. The molecule has 0 aliphatic heterocycles. The van der Waals surface area contributed by atoms with Gasteiger partial charge in [-0.2, -0.15) is 0 Å². The average molecular weight is 322 g/mol. The van der Waals surface area contributed by atoms with E-state index in [0.29, 0.717) is 10.9 Å². The van der Waals surface area contributed by atoms with Crippen molar-refractivity contribution < 1.29 is 4.79 Å². The van der Waals surface area contributed by atoms with Crippen LogP contribution in [0, 0.1) is 13.8 Å². The number of nitrogens with zero attached hydrogens (tertiary/aromatic N) is 3. The molecular formula is C18H18N4O2. The Balaban J connectivity index is 1.71. The molecule has 1 aromatic heterocycles. The zero-order valence-corrected chi connectivity index (χ0v) is 13.6. The van der Waals surface area contributed by atoms with Crippen molar-refractivity contribution in [2.45, 2.75) is 26.8 Å². The number of benzene rings is 2. The summed E-state index contributed by atoms with van der Waals surface area (Å²) in [6.07, 6.45) is 0.153. The minimum absolute atomic E-state index is 0.153. The molecule has 1 heterocycles. The van der Waals surface area contributed by atoms with Gasteiger partial charge in [-0.25, -0.2) is 4.68 Å². The van der Waals surface area contributed by atoms with Gasteiger partial charge >= 0.3 is 0 Å². The monoisotopic (exact) mass is 322 g/mol. The van der Waals surface area contributed by atoms with Crippen molar-refractivity contribution in [2.24, 2.45) is 0 Å². The first-order valence-corrected chi connectivity index (χ1v) is 7.74. The fourth-order valence-electron chi connectivity index (χ4n) is 2.46. The molecule has 0 saturated carbocycles. The number of anilines is 1. The Morgan fingerprint density at radius 2 is 1.96 bits per heavy atom. The van der Waals surface area contributed by atoms with Crippen LogP contribution in [0.2, 0.25) is 0 Å². The van der Waals surface area contributed by atoms with Crippen molar-refractivity contribution in [3.8, 4) is 0 Å². The fourth-order valence-corrected chi connectivity index (χ4v) is 2.46. The smallest absolute Gasteiger partial charge is 0.277 e. The second-order valence-electron chi connectivity index (χ2n) is 5.75. The summed E-state index contributed by atoms with van der Waals surface area (Å²) in [5.74, 6) is -0.162. The third-order valence-electron chi connectivity index (χ3n) is 3.85. The molecule has 0 aliphatic carbocycles. The largest absolute Gasteiger partial charge is 0.326 e. The highest BCUT2D eigenvalue weighted by Crippen LogP contribution is 2.16. The van der Waals surface area contributed by atoms with E-state index in [0.717, 1.165) is 16.8 Å². The fraction of sp³-hybridized carbons (Fsp3) is 0.222. The number of rotatable bonds is 4. The molecule has 3 aromatic rings. The Morgan fingerprint density at radius 3 is 2.79 bits per heavy atom. The number of carbonyl (C=O) groups is 1. The maximum absolute atomic E-state index is 12.3. The minimum atomic E-state index is -0.236. The van der Waals surface area contributed by atoms with E-state index in [2.05, 4.69) is 15.6 Å². The van der Waals surface area contributed by atoms with Crippen LogP contribution in [-0.4, -0.2) is 20.9 Å². The molecule has 24 heavy (non-hydrogen) atoms. The number of aryl methyl sites for hydroxylation is 3. The van der Waals surface area contributed by atoms with Crippen LogP contribution in [0.5, 0.6) is 0 Å². The molecule has 122 valence electrons. The van der Waals surface area contributed by atoms with Crippen molar-refractivity contribution in [2.75, 3.05) is 5.32 Å². The van der Waals surface area contributed by atoms with Crippen LogP contribution in [0.4, 0.5) is 5.69 Å². The molecule has 0 radical (unpaired) electrons. The van der Waals surface area contributed by atoms with Crippen LogP contribution in [0.1, 0.15) is 17.5 Å². The maximum Gasteiger partial charge on any atom is 0.277 e. The summed E-state index contributed by atoms with van der Waals surface area (Å²) in [7, 11) is 0. The summed E-state index contributed by atoms with van der Waals surface area (Å²) >= 11 is 0. The van der Waals surface area contributed by atoms with E-state index in [4.69, 9.17) is 0 Å². The highest BCUT2D eigenvalue weighted by molar-refractivity contribution is 5.91. The number of fused-ring (bicyclic) bond motifs is 1. The van der Waals surface area contributed by atoms with Gasteiger partial charge in [-0.05, 0) is 43.2 Å². The van der Waals surface area contributed by atoms with Crippen LogP contribution in [0.3, 0.4) is 0 Å². The summed E-state index contributed by atoms with van der Waals surface area (Å²) in [6, 6.07) is 12.9. The minimum Gasteiger partial charge on any atom is -0.326 e. The van der Waals surface area contributed by atoms with E-state index in [-0.39, 0.29) is 24.4 Å². The zero-order chi connectivity index (χ0) is 17.1. The highest BCUT2D eigenvalue weighted by atomic mass is 16.2. The molecule has 1 amide bonds. The zero-order valence-electron chi connectivity index (χ0n) is 13.6. The molecule has 0 fully saturated rings. The lowest BCUT2D eigenvalue weighted by Crippen LogP contribution is -2.26. The Labute approximate surface area is 139 Å². The lowest BCUT2D eigenvalue weighted by atomic mass is 10.1. The molecule has 0 bridgehead atoms. The SMILES string of the molecule is Cc1ccc(C)c(NC(=O)CCn2nnc3ccccc3c2=O)c1. The Bertz CT molecular complexity index is 963. The molecule has 0 spiro atoms. The number of hydrogen-bond acceptors (Lipinski definition) is 4. The van der Waals surface area contributed by atoms with Crippen molar-refractivity contribution in [3.05, 3.63) is 63.9 Å². The average Bonchev–Trinajstić information content (AvgIpc) is 2.58. The predicted octanol–water partition coefficient (Wildman–Crippen LogP) is 2.44. The van der Waals surface area contributed by atoms with E-state index in [1.807, 2.05) is 32.0 Å². The second kappa shape index (κ2) is 6.62. The second-order valence-corrected chi connectivity index (χ2v) is 5.75. The van der Waals surface area contributed by atoms with Crippen LogP contribution in [0.15, 0.2) is 47.3 Å². The van der Waals surface area contributed by atoms with Gasteiger partial charge in [0.2, 0.25) is 5.91 Å². The van der Waals surface area contributed by atoms with Gasteiger partial charge in [0, 0.05) is 12.1 Å². The number of nitrogens with one attached hydrogen (secondary N) is 1. The highest BCUT2D eigenvalue weighted by Gasteiger charge is 2.09. The molecule has 6 nitrogen and oxygen atoms in total. The van der Waals surface area contributed by atoms with Gasteiger partial charge in [0.25, 0.3) is 5.56 Å². The first-order chi connectivity index (χ1) is 11.5. The Morgan fingerprint density at radius 1 is 1.17 bits per heavy atom. The number of carbonyl (C=O) groups excluding carboxylic acids is 1. The molecule has 0 atom stereocenters. The first-order valence-electron chi connectivity index (χ1n) is 7.74. The van der Waals surface area contributed by atoms with E-state index in [1.54, 1.807) is 24.3 Å². The van der Waals surface area contributed by atoms with Crippen molar-refractivity contribution in [1.82, 2.24) is 15.0 Å². The molecule has 6 heteroatoms. The Hall–Kier alpha value is -3.02. The van der Waals surface area contributed by atoms with Gasteiger partial charge < -0.3 is 5.32 Å². The predicted molar refractivity (Wildman–Crippen MR) is 93.0 cm³/mol. The molecule has 0 unspecified atom stereocenters. The van der Waals surface area contributed by atoms with E-state index < -0.39 is 0 Å². The van der Waals surface area contributed by atoms with Gasteiger partial charge in [0.05, 0.1) is 11.9 Å². The number of hydrogen-bond donors (Lipinski definition) is 1. The molecule has 0 saturated heterocycles. The summed E-state index contributed by atoms with van der Waals surface area (Å²) < 4.78 is 1.23. The van der Waals surface area contributed by atoms with E-state index in [1.165, 1.54) is 4.68 Å². The van der Waals surface area contributed by atoms with Crippen molar-refractivity contribution in [3.63, 3.8) is 0 Å². The molecular weight excluding hydrogens is 304 g/mol. The van der Waals surface area contributed by atoms with Crippen LogP contribution >= 0.6 is 0 Å². The maximum atomic E-state index is 12.3. The first kappa shape index (κ1) is 15.9. The quantitative estimate of drug-likeness (QED) is 0.800. The van der Waals surface area contributed by atoms with Gasteiger partial charge in [-0.1, -0.05) is 29.5 Å². The summed E-state index contributed by atoms with van der Waals surface area (Å²) in [6.45, 7) is 4.10. The molecule has 1 N–H and O–H groups in total. The number of amides is 1. The van der Waals surface area contributed by atoms with Gasteiger partial charge in [-0.3, -0.25) is 9.59 Å². The number of aromatic nitrogens is 3. The third-order valence-corrected chi connectivity index (χ3v) is 3.85. The lowest BCUT2D eigenvalue weighted by molar-refractivity contribution is -0.116. The molecule has 2 aromatic carbocycles. The van der Waals surface area contributed by atoms with E-state index in [9.17, 15) is 9.59 Å². The van der Waals surface area contributed by atoms with Gasteiger partial charge in [0.1, 0.15) is 5.52 Å². The Kier molecular flexibility index (Phi) is 4.37. The van der Waals surface area contributed by atoms with Gasteiger partial charge in [0.15, 0.2) is 0 Å². The van der Waals surface area contributed by atoms with Crippen LogP contribution < -0.4 is 10.9 Å². The topological polar surface area (TPSA) is 76.9 Å². The summed E-state index contributed by atoms with van der Waals surface area (Å²) in [4.78, 5) is 24.5. The summed E-state index contributed by atoms with van der Waals surface area (Å²) in [5.41, 5.74) is 3.18. The summed E-state index contributed by atoms with van der Waals surface area (Å²) in [5, 5.41) is 11.3. The van der Waals surface area contributed by atoms with E-state index >= 15 is 0 Å². The molecule has 3 rings (SSSR count). The molecule has 0 aliphatic rings. The normalized spacial score (nSPS) is 10.8. The lowest BCUT2D eigenvalue weighted by Gasteiger charge is -2.09. The van der Waals surface area contributed by atoms with Crippen LogP contribution in [0.25, 0.3) is 10.9 Å². The van der Waals surface area contributed by atoms with Gasteiger partial charge in [-0.15, -0.1) is 5.10 Å². The van der Waals surface area contributed by atoms with Crippen LogP contribution in [-0.2, 0) is 11.3 Å². The standard InChI is InChI=1S/C18H18N4O2/c1-12-7-8-13(2)16(11-12)19-17(23)9-10-22-18(24)14-5-3-4-6-15(14)20-21-22/h3-8,11H,9-10H2,1-2H3,(H,19,23).